The normalized spacial score (nSPS) is 14.8. The average Bonchev–Trinajstić information content (AvgIpc) is 3.55. The highest BCUT2D eigenvalue weighted by molar-refractivity contribution is 7.18. The van der Waals surface area contributed by atoms with Crippen LogP contribution in [0.5, 0.6) is 0 Å². The van der Waals surface area contributed by atoms with Gasteiger partial charge in [0.25, 0.3) is 0 Å². The number of nitrogens with zero attached hydrogens (tertiary/aromatic N) is 5. The van der Waals surface area contributed by atoms with E-state index in [0.717, 1.165) is 21.5 Å². The highest BCUT2D eigenvalue weighted by atomic mass is 32.1. The van der Waals surface area contributed by atoms with E-state index in [2.05, 4.69) is 25.3 Å². The molecule has 0 spiro atoms. The van der Waals surface area contributed by atoms with Crippen LogP contribution in [0.2, 0.25) is 0 Å². The summed E-state index contributed by atoms with van der Waals surface area (Å²) in [7, 11) is 0. The zero-order valence-corrected chi connectivity index (χ0v) is 20.0. The van der Waals surface area contributed by atoms with Gasteiger partial charge in [0.15, 0.2) is 11.5 Å². The van der Waals surface area contributed by atoms with E-state index in [-0.39, 0.29) is 49.1 Å². The zero-order chi connectivity index (χ0) is 25.4. The minimum absolute atomic E-state index is 0.0475. The van der Waals surface area contributed by atoms with E-state index in [4.69, 9.17) is 9.52 Å². The molecule has 13 heteroatoms. The second kappa shape index (κ2) is 9.64. The third-order valence-corrected chi connectivity index (χ3v) is 7.06. The molecule has 0 aromatic carbocycles. The van der Waals surface area contributed by atoms with Gasteiger partial charge in [0, 0.05) is 23.5 Å². The molecular formula is C23H23F3N6O3S. The molecule has 0 saturated heterocycles. The van der Waals surface area contributed by atoms with Gasteiger partial charge in [-0.2, -0.15) is 18.2 Å². The Bertz CT molecular complexity index is 1380. The lowest BCUT2D eigenvalue weighted by atomic mass is 10.0. The highest BCUT2D eigenvalue weighted by Gasteiger charge is 2.39. The van der Waals surface area contributed by atoms with Crippen molar-refractivity contribution in [1.29, 1.82) is 0 Å². The molecule has 4 aromatic heterocycles. The molecule has 3 N–H and O–H groups in total. The minimum Gasteiger partial charge on any atom is -0.472 e. The maximum Gasteiger partial charge on any atom is 0.433 e. The van der Waals surface area contributed by atoms with Crippen LogP contribution in [0.3, 0.4) is 0 Å². The second-order valence-electron chi connectivity index (χ2n) is 8.38. The second-order valence-corrected chi connectivity index (χ2v) is 9.49. The van der Waals surface area contributed by atoms with Gasteiger partial charge in [-0.05, 0) is 25.0 Å². The van der Waals surface area contributed by atoms with E-state index < -0.39 is 24.6 Å². The Hall–Kier alpha value is -3.29. The number of thiophene rings is 1. The first-order valence-corrected chi connectivity index (χ1v) is 12.2. The lowest BCUT2D eigenvalue weighted by molar-refractivity contribution is -0.141. The molecule has 0 saturated carbocycles. The number of furan rings is 1. The molecule has 5 rings (SSSR count). The molecule has 9 nitrogen and oxygen atoms in total. The summed E-state index contributed by atoms with van der Waals surface area (Å²) < 4.78 is 46.7. The predicted molar refractivity (Wildman–Crippen MR) is 128 cm³/mol. The van der Waals surface area contributed by atoms with Gasteiger partial charge in [0.05, 0.1) is 42.2 Å². The quantitative estimate of drug-likeness (QED) is 0.335. The first-order chi connectivity index (χ1) is 17.3. The maximum absolute atomic E-state index is 13.9. The molecule has 1 atom stereocenters. The van der Waals surface area contributed by atoms with Crippen molar-refractivity contribution in [1.82, 2.24) is 19.9 Å². The molecule has 190 valence electrons. The molecule has 0 amide bonds. The molecule has 1 aliphatic rings. The number of rotatable bonds is 7. The fourth-order valence-electron chi connectivity index (χ4n) is 4.09. The standard InChI is InChI=1S/C23H23F3N6O3S/c1-2-14-7-16-20(30-22(31-21(16)36-14)27-8-13(34)10-33)32-5-3-15-17(9-32)28-19(12-4-6-35-11-12)29-18(15)23(24,25)26/h4,6-7,11,13,33-34H,2-3,5,8-10H2,1H3,(H,27,30,31). The van der Waals surface area contributed by atoms with Crippen LogP contribution in [-0.4, -0.2) is 55.9 Å². The molecule has 1 unspecified atom stereocenters. The first-order valence-electron chi connectivity index (χ1n) is 11.3. The fourth-order valence-corrected chi connectivity index (χ4v) is 5.05. The Morgan fingerprint density at radius 1 is 1.25 bits per heavy atom. The van der Waals surface area contributed by atoms with Crippen molar-refractivity contribution in [2.45, 2.75) is 38.6 Å². The smallest absolute Gasteiger partial charge is 0.433 e. The SMILES string of the molecule is CCc1cc2c(N3CCc4c(nc(-c5ccoc5)nc4C(F)(F)F)C3)nc(NCC(O)CO)nc2s1. The lowest BCUT2D eigenvalue weighted by Crippen LogP contribution is -2.34. The molecule has 1 aliphatic heterocycles. The lowest BCUT2D eigenvalue weighted by Gasteiger charge is -2.31. The molecule has 0 radical (unpaired) electrons. The van der Waals surface area contributed by atoms with Crippen molar-refractivity contribution in [3.05, 3.63) is 46.5 Å². The Morgan fingerprint density at radius 2 is 2.08 bits per heavy atom. The summed E-state index contributed by atoms with van der Waals surface area (Å²) in [4.78, 5) is 21.2. The molecule has 0 fully saturated rings. The molecule has 36 heavy (non-hydrogen) atoms. The van der Waals surface area contributed by atoms with Crippen LogP contribution < -0.4 is 10.2 Å². The van der Waals surface area contributed by atoms with Gasteiger partial charge in [-0.3, -0.25) is 0 Å². The van der Waals surface area contributed by atoms with Crippen LogP contribution in [0.15, 0.2) is 29.1 Å². The van der Waals surface area contributed by atoms with Gasteiger partial charge in [0.2, 0.25) is 5.95 Å². The number of anilines is 2. The summed E-state index contributed by atoms with van der Waals surface area (Å²) in [6, 6.07) is 3.52. The molecule has 0 aliphatic carbocycles. The summed E-state index contributed by atoms with van der Waals surface area (Å²) in [6.07, 6.45) is -2.04. The fraction of sp³-hybridized carbons (Fsp3) is 0.391. The first kappa shape index (κ1) is 24.4. The number of aryl methyl sites for hydroxylation is 1. The van der Waals surface area contributed by atoms with Crippen molar-refractivity contribution in [3.8, 4) is 11.4 Å². The summed E-state index contributed by atoms with van der Waals surface area (Å²) in [5, 5.41) is 22.5. The Labute approximate surface area is 207 Å². The van der Waals surface area contributed by atoms with Crippen molar-refractivity contribution >= 4 is 33.3 Å². The Morgan fingerprint density at radius 3 is 2.78 bits per heavy atom. The number of hydrogen-bond donors (Lipinski definition) is 3. The average molecular weight is 521 g/mol. The van der Waals surface area contributed by atoms with Crippen LogP contribution in [0, 0.1) is 0 Å². The number of hydrogen-bond acceptors (Lipinski definition) is 10. The third kappa shape index (κ3) is 4.73. The van der Waals surface area contributed by atoms with Crippen molar-refractivity contribution < 1.29 is 27.8 Å². The van der Waals surface area contributed by atoms with Crippen molar-refractivity contribution in [2.24, 2.45) is 0 Å². The van der Waals surface area contributed by atoms with Crippen LogP contribution in [-0.2, 0) is 25.6 Å². The van der Waals surface area contributed by atoms with Gasteiger partial charge < -0.3 is 24.8 Å². The molecule has 0 bridgehead atoms. The van der Waals surface area contributed by atoms with Gasteiger partial charge >= 0.3 is 6.18 Å². The largest absolute Gasteiger partial charge is 0.472 e. The molecule has 4 aromatic rings. The predicted octanol–water partition coefficient (Wildman–Crippen LogP) is 3.65. The van der Waals surface area contributed by atoms with E-state index in [1.54, 1.807) is 0 Å². The van der Waals surface area contributed by atoms with Gasteiger partial charge in [0.1, 0.15) is 16.9 Å². The summed E-state index contributed by atoms with van der Waals surface area (Å²) >= 11 is 1.51. The van der Waals surface area contributed by atoms with E-state index in [1.165, 1.54) is 29.9 Å². The van der Waals surface area contributed by atoms with Gasteiger partial charge in [-0.15, -0.1) is 11.3 Å². The van der Waals surface area contributed by atoms with Crippen LogP contribution in [0.4, 0.5) is 24.9 Å². The van der Waals surface area contributed by atoms with Crippen molar-refractivity contribution in [3.63, 3.8) is 0 Å². The zero-order valence-electron chi connectivity index (χ0n) is 19.2. The van der Waals surface area contributed by atoms with Crippen LogP contribution >= 0.6 is 11.3 Å². The minimum atomic E-state index is -4.62. The topological polar surface area (TPSA) is 120 Å². The van der Waals surface area contributed by atoms with Gasteiger partial charge in [-0.25, -0.2) is 15.0 Å². The third-order valence-electron chi connectivity index (χ3n) is 5.89. The number of aliphatic hydroxyl groups excluding tert-OH is 2. The van der Waals surface area contributed by atoms with Crippen molar-refractivity contribution in [2.75, 3.05) is 29.9 Å². The molecular weight excluding hydrogens is 497 g/mol. The van der Waals surface area contributed by atoms with E-state index in [0.29, 0.717) is 11.4 Å². The number of aromatic nitrogens is 4. The Kier molecular flexibility index (Phi) is 6.53. The van der Waals surface area contributed by atoms with E-state index in [1.807, 2.05) is 17.9 Å². The van der Waals surface area contributed by atoms with Crippen LogP contribution in [0.25, 0.3) is 21.6 Å². The highest BCUT2D eigenvalue weighted by Crippen LogP contribution is 2.38. The van der Waals surface area contributed by atoms with E-state index >= 15 is 0 Å². The number of nitrogens with one attached hydrogen (secondary N) is 1. The summed E-state index contributed by atoms with van der Waals surface area (Å²) in [6.45, 7) is 2.05. The number of aliphatic hydroxyl groups is 2. The Balaban J connectivity index is 1.56. The number of fused-ring (bicyclic) bond motifs is 2. The summed E-state index contributed by atoms with van der Waals surface area (Å²) in [5.74, 6) is 0.784. The summed E-state index contributed by atoms with van der Waals surface area (Å²) in [5.41, 5.74) is -0.201. The number of halogens is 3. The number of alkyl halides is 3. The molecule has 5 heterocycles. The maximum atomic E-state index is 13.9. The van der Waals surface area contributed by atoms with Crippen LogP contribution in [0.1, 0.15) is 28.8 Å². The monoisotopic (exact) mass is 520 g/mol. The van der Waals surface area contributed by atoms with Gasteiger partial charge in [-0.1, -0.05) is 6.92 Å². The van der Waals surface area contributed by atoms with E-state index in [9.17, 15) is 18.3 Å².